The number of aromatic nitrogens is 3. The molecule has 1 heterocycles. The lowest BCUT2D eigenvalue weighted by Gasteiger charge is -2.09. The van der Waals surface area contributed by atoms with Gasteiger partial charge in [-0.1, -0.05) is 11.8 Å². The lowest BCUT2D eigenvalue weighted by Crippen LogP contribution is -2.10. The predicted molar refractivity (Wildman–Crippen MR) is 85.1 cm³/mol. The van der Waals surface area contributed by atoms with Gasteiger partial charge in [-0.3, -0.25) is 14.7 Å². The van der Waals surface area contributed by atoms with Gasteiger partial charge in [-0.15, -0.1) is 5.10 Å². The summed E-state index contributed by atoms with van der Waals surface area (Å²) in [7, 11) is 1.49. The van der Waals surface area contributed by atoms with E-state index < -0.39 is 5.97 Å². The maximum Gasteiger partial charge on any atom is 0.314 e. The number of hydrogen-bond donors (Lipinski definition) is 2. The number of thioether (sulfide) groups is 1. The largest absolute Gasteiger partial charge is 0.493 e. The summed E-state index contributed by atoms with van der Waals surface area (Å²) in [6.07, 6.45) is 1.74. The minimum absolute atomic E-state index is 0.00234. The first-order valence-corrected chi connectivity index (χ1v) is 8.22. The Labute approximate surface area is 141 Å². The second-order valence-corrected chi connectivity index (χ2v) is 6.15. The molecule has 3 rings (SSSR count). The highest BCUT2D eigenvalue weighted by atomic mass is 32.2. The monoisotopic (exact) mass is 349 g/mol. The van der Waals surface area contributed by atoms with Gasteiger partial charge in [0.2, 0.25) is 5.16 Å². The smallest absolute Gasteiger partial charge is 0.314 e. The van der Waals surface area contributed by atoms with Crippen molar-refractivity contribution in [1.29, 1.82) is 0 Å². The molecule has 0 unspecified atom stereocenters. The van der Waals surface area contributed by atoms with Crippen molar-refractivity contribution in [3.05, 3.63) is 18.2 Å². The average Bonchev–Trinajstić information content (AvgIpc) is 3.32. The lowest BCUT2D eigenvalue weighted by molar-refractivity contribution is -0.136. The Balaban J connectivity index is 1.76. The molecular weight excluding hydrogens is 334 g/mol. The number of carbonyl (C=O) groups excluding carboxylic acids is 1. The Kier molecular flexibility index (Phi) is 4.70. The van der Waals surface area contributed by atoms with Crippen LogP contribution in [0.5, 0.6) is 11.5 Å². The van der Waals surface area contributed by atoms with Crippen molar-refractivity contribution in [3.8, 4) is 22.9 Å². The van der Waals surface area contributed by atoms with Crippen LogP contribution in [0.4, 0.5) is 0 Å². The van der Waals surface area contributed by atoms with Crippen molar-refractivity contribution in [1.82, 2.24) is 15.2 Å². The summed E-state index contributed by atoms with van der Waals surface area (Å²) in [5.74, 6) is -0.0473. The number of rotatable bonds is 7. The van der Waals surface area contributed by atoms with Gasteiger partial charge in [-0.05, 0) is 31.0 Å². The molecule has 0 spiro atoms. The summed E-state index contributed by atoms with van der Waals surface area (Å²) in [5, 5.41) is 15.7. The van der Waals surface area contributed by atoms with E-state index in [1.807, 2.05) is 0 Å². The van der Waals surface area contributed by atoms with Gasteiger partial charge < -0.3 is 14.6 Å². The highest BCUT2D eigenvalue weighted by Crippen LogP contribution is 2.35. The van der Waals surface area contributed by atoms with E-state index in [-0.39, 0.29) is 17.6 Å². The first-order chi connectivity index (χ1) is 11.6. The highest BCUT2D eigenvalue weighted by Gasteiger charge is 2.32. The summed E-state index contributed by atoms with van der Waals surface area (Å²) in [5.41, 5.74) is 0.688. The normalized spacial score (nSPS) is 13.5. The van der Waals surface area contributed by atoms with Crippen LogP contribution in [0.15, 0.2) is 23.4 Å². The van der Waals surface area contributed by atoms with E-state index in [9.17, 15) is 9.59 Å². The molecular formula is C15H15N3O5S. The van der Waals surface area contributed by atoms with E-state index >= 15 is 0 Å². The van der Waals surface area contributed by atoms with Gasteiger partial charge in [0, 0.05) is 5.56 Å². The number of nitrogens with zero attached hydrogens (tertiary/aromatic N) is 2. The Bertz CT molecular complexity index is 772. The fourth-order valence-corrected chi connectivity index (χ4v) is 2.49. The van der Waals surface area contributed by atoms with Crippen LogP contribution in [0.25, 0.3) is 11.4 Å². The van der Waals surface area contributed by atoms with E-state index in [1.54, 1.807) is 18.2 Å². The van der Waals surface area contributed by atoms with Gasteiger partial charge in [-0.25, -0.2) is 4.98 Å². The number of carbonyl (C=O) groups is 2. The molecule has 126 valence electrons. The molecule has 0 radical (unpaired) electrons. The van der Waals surface area contributed by atoms with Crippen LogP contribution in [0.2, 0.25) is 0 Å². The lowest BCUT2D eigenvalue weighted by atomic mass is 10.2. The summed E-state index contributed by atoms with van der Waals surface area (Å²) in [6.45, 7) is 0. The minimum atomic E-state index is -0.935. The van der Waals surface area contributed by atoms with Gasteiger partial charge in [0.05, 0.1) is 18.8 Å². The maximum absolute atomic E-state index is 11.8. The number of methoxy groups -OCH3 is 1. The number of H-pyrrole nitrogens is 1. The van der Waals surface area contributed by atoms with Gasteiger partial charge in [0.25, 0.3) is 0 Å². The molecule has 1 saturated carbocycles. The van der Waals surface area contributed by atoms with Gasteiger partial charge in [0.15, 0.2) is 17.3 Å². The summed E-state index contributed by atoms with van der Waals surface area (Å²) in [4.78, 5) is 26.6. The number of carboxylic acids is 1. The quantitative estimate of drug-likeness (QED) is 0.443. The molecule has 0 bridgehead atoms. The Morgan fingerprint density at radius 3 is 2.83 bits per heavy atom. The molecule has 0 amide bonds. The molecule has 0 saturated heterocycles. The zero-order valence-electron chi connectivity index (χ0n) is 12.8. The number of esters is 1. The summed E-state index contributed by atoms with van der Waals surface area (Å²) >= 11 is 1.02. The molecule has 24 heavy (non-hydrogen) atoms. The molecule has 2 N–H and O–H groups in total. The molecule has 1 aromatic carbocycles. The fourth-order valence-electron chi connectivity index (χ4n) is 1.98. The van der Waals surface area contributed by atoms with E-state index in [0.29, 0.717) is 28.0 Å². The van der Waals surface area contributed by atoms with E-state index in [0.717, 1.165) is 24.6 Å². The minimum Gasteiger partial charge on any atom is -0.493 e. The van der Waals surface area contributed by atoms with Crippen molar-refractivity contribution in [3.63, 3.8) is 0 Å². The van der Waals surface area contributed by atoms with Crippen LogP contribution in [-0.4, -0.2) is 45.1 Å². The number of hydrogen-bond acceptors (Lipinski definition) is 7. The number of aliphatic carboxylic acids is 1. The predicted octanol–water partition coefficient (Wildman–Crippen LogP) is 1.97. The first-order valence-electron chi connectivity index (χ1n) is 7.24. The third-order valence-corrected chi connectivity index (χ3v) is 4.18. The van der Waals surface area contributed by atoms with E-state index in [2.05, 4.69) is 15.2 Å². The molecule has 1 aromatic heterocycles. The molecule has 0 aliphatic heterocycles. The Morgan fingerprint density at radius 1 is 1.38 bits per heavy atom. The topological polar surface area (TPSA) is 114 Å². The second-order valence-electron chi connectivity index (χ2n) is 5.21. The van der Waals surface area contributed by atoms with Crippen LogP contribution in [0.1, 0.15) is 12.8 Å². The van der Waals surface area contributed by atoms with E-state index in [4.69, 9.17) is 14.6 Å². The molecule has 1 aliphatic rings. The van der Waals surface area contributed by atoms with Crippen LogP contribution in [0, 0.1) is 5.92 Å². The van der Waals surface area contributed by atoms with Crippen LogP contribution in [0.3, 0.4) is 0 Å². The number of carboxylic acid groups (broad SMARTS) is 1. The number of ether oxygens (including phenoxy) is 2. The second kappa shape index (κ2) is 6.91. The van der Waals surface area contributed by atoms with Gasteiger partial charge in [-0.2, -0.15) is 0 Å². The van der Waals surface area contributed by atoms with Crippen molar-refractivity contribution in [2.45, 2.75) is 18.0 Å². The van der Waals surface area contributed by atoms with Crippen molar-refractivity contribution < 1.29 is 24.2 Å². The van der Waals surface area contributed by atoms with Crippen molar-refractivity contribution in [2.75, 3.05) is 12.9 Å². The summed E-state index contributed by atoms with van der Waals surface area (Å²) in [6, 6.07) is 5.05. The van der Waals surface area contributed by atoms with Crippen LogP contribution >= 0.6 is 11.8 Å². The zero-order chi connectivity index (χ0) is 17.1. The maximum atomic E-state index is 11.8. The molecule has 1 fully saturated rings. The van der Waals surface area contributed by atoms with Gasteiger partial charge in [0.1, 0.15) is 0 Å². The Morgan fingerprint density at radius 2 is 2.17 bits per heavy atom. The zero-order valence-corrected chi connectivity index (χ0v) is 13.6. The standard InChI is InChI=1S/C15H15N3O5S/c1-22-11-6-9(4-5-10(11)23-14(21)8-2-3-8)13-16-15(18-17-13)24-7-12(19)20/h4-6,8H,2-3,7H2,1H3,(H,19,20)(H,16,17,18). The molecule has 2 aromatic rings. The number of aromatic amines is 1. The third kappa shape index (κ3) is 3.85. The first kappa shape index (κ1) is 16.3. The SMILES string of the molecule is COc1cc(-c2nc(SCC(=O)O)n[nH]2)ccc1OC(=O)C1CC1. The van der Waals surface area contributed by atoms with Crippen molar-refractivity contribution >= 4 is 23.7 Å². The van der Waals surface area contributed by atoms with Crippen molar-refractivity contribution in [2.24, 2.45) is 5.92 Å². The summed E-state index contributed by atoms with van der Waals surface area (Å²) < 4.78 is 10.6. The Hall–Kier alpha value is -2.55. The van der Waals surface area contributed by atoms with Crippen LogP contribution < -0.4 is 9.47 Å². The number of nitrogens with one attached hydrogen (secondary N) is 1. The molecule has 8 nitrogen and oxygen atoms in total. The number of benzene rings is 1. The van der Waals surface area contributed by atoms with Crippen LogP contribution in [-0.2, 0) is 9.59 Å². The van der Waals surface area contributed by atoms with E-state index in [1.165, 1.54) is 7.11 Å². The highest BCUT2D eigenvalue weighted by molar-refractivity contribution is 7.99. The van der Waals surface area contributed by atoms with Gasteiger partial charge >= 0.3 is 11.9 Å². The molecule has 9 heteroatoms. The molecule has 0 atom stereocenters. The average molecular weight is 349 g/mol. The fraction of sp³-hybridized carbons (Fsp3) is 0.333. The third-order valence-electron chi connectivity index (χ3n) is 3.35. The molecule has 1 aliphatic carbocycles.